The minimum Gasteiger partial charge on any atom is -0.398 e. The van der Waals surface area contributed by atoms with Gasteiger partial charge in [0.15, 0.2) is 0 Å². The number of nitrogens with zero attached hydrogens (tertiary/aromatic N) is 2. The van der Waals surface area contributed by atoms with Gasteiger partial charge in [0.25, 0.3) is 0 Å². The molecule has 2 aromatic rings. The van der Waals surface area contributed by atoms with E-state index in [1.165, 1.54) is 0 Å². The standard InChI is InChI=1S/C13H18ClN5/c1-19-10(6-7-17-19)3-5-13(18-16)11-4-2-9(14)8-12(11)15/h2,4,6-8,13,18H,3,5,15-16H2,1H3. The highest BCUT2D eigenvalue weighted by Crippen LogP contribution is 2.26. The molecule has 0 bridgehead atoms. The van der Waals surface area contributed by atoms with E-state index in [4.69, 9.17) is 23.2 Å². The minimum atomic E-state index is -0.00725. The van der Waals surface area contributed by atoms with Crippen LogP contribution in [0.4, 0.5) is 5.69 Å². The number of anilines is 1. The largest absolute Gasteiger partial charge is 0.398 e. The number of aromatic nitrogens is 2. The third-order valence-electron chi connectivity index (χ3n) is 3.24. The zero-order chi connectivity index (χ0) is 13.8. The summed E-state index contributed by atoms with van der Waals surface area (Å²) in [6.07, 6.45) is 3.49. The van der Waals surface area contributed by atoms with Crippen molar-refractivity contribution in [3.8, 4) is 0 Å². The molecule has 102 valence electrons. The highest BCUT2D eigenvalue weighted by Gasteiger charge is 2.14. The highest BCUT2D eigenvalue weighted by molar-refractivity contribution is 6.30. The monoisotopic (exact) mass is 279 g/mol. The Morgan fingerprint density at radius 3 is 2.79 bits per heavy atom. The molecule has 1 aromatic carbocycles. The van der Waals surface area contributed by atoms with Crippen LogP contribution in [0.3, 0.4) is 0 Å². The van der Waals surface area contributed by atoms with Gasteiger partial charge in [-0.15, -0.1) is 0 Å². The molecule has 0 saturated carbocycles. The minimum absolute atomic E-state index is 0.00725. The summed E-state index contributed by atoms with van der Waals surface area (Å²) >= 11 is 5.90. The number of rotatable bonds is 5. The summed E-state index contributed by atoms with van der Waals surface area (Å²) in [5.41, 5.74) is 11.6. The second-order valence-electron chi connectivity index (χ2n) is 4.48. The van der Waals surface area contributed by atoms with Crippen LogP contribution in [-0.4, -0.2) is 9.78 Å². The van der Waals surface area contributed by atoms with Crippen LogP contribution in [0.2, 0.25) is 5.02 Å². The summed E-state index contributed by atoms with van der Waals surface area (Å²) in [6, 6.07) is 7.46. The zero-order valence-corrected chi connectivity index (χ0v) is 11.6. The quantitative estimate of drug-likeness (QED) is 0.443. The van der Waals surface area contributed by atoms with Gasteiger partial charge in [-0.3, -0.25) is 16.0 Å². The maximum Gasteiger partial charge on any atom is 0.0492 e. The third-order valence-corrected chi connectivity index (χ3v) is 3.47. The van der Waals surface area contributed by atoms with Crippen molar-refractivity contribution in [2.45, 2.75) is 18.9 Å². The lowest BCUT2D eigenvalue weighted by Crippen LogP contribution is -2.29. The van der Waals surface area contributed by atoms with E-state index in [0.29, 0.717) is 10.7 Å². The van der Waals surface area contributed by atoms with E-state index in [1.807, 2.05) is 29.9 Å². The average molecular weight is 280 g/mol. The van der Waals surface area contributed by atoms with E-state index in [9.17, 15) is 0 Å². The summed E-state index contributed by atoms with van der Waals surface area (Å²) in [6.45, 7) is 0. The molecule has 1 unspecified atom stereocenters. The molecule has 5 N–H and O–H groups in total. The number of halogens is 1. The van der Waals surface area contributed by atoms with E-state index in [2.05, 4.69) is 10.5 Å². The van der Waals surface area contributed by atoms with E-state index in [1.54, 1.807) is 12.3 Å². The maximum absolute atomic E-state index is 5.98. The smallest absolute Gasteiger partial charge is 0.0492 e. The van der Waals surface area contributed by atoms with Crippen LogP contribution < -0.4 is 17.0 Å². The van der Waals surface area contributed by atoms with E-state index in [-0.39, 0.29) is 6.04 Å². The van der Waals surface area contributed by atoms with Gasteiger partial charge in [-0.2, -0.15) is 5.10 Å². The number of nitrogen functional groups attached to an aromatic ring is 1. The first kappa shape index (κ1) is 13.9. The Bertz CT molecular complexity index is 552. The Hall–Kier alpha value is -1.56. The summed E-state index contributed by atoms with van der Waals surface area (Å²) in [5, 5.41) is 4.77. The second-order valence-corrected chi connectivity index (χ2v) is 4.91. The maximum atomic E-state index is 5.98. The summed E-state index contributed by atoms with van der Waals surface area (Å²) < 4.78 is 1.86. The molecular weight excluding hydrogens is 262 g/mol. The van der Waals surface area contributed by atoms with Gasteiger partial charge in [0.05, 0.1) is 0 Å². The highest BCUT2D eigenvalue weighted by atomic mass is 35.5. The number of hydrogen-bond donors (Lipinski definition) is 3. The second kappa shape index (κ2) is 6.06. The van der Waals surface area contributed by atoms with E-state index >= 15 is 0 Å². The number of nitrogens with two attached hydrogens (primary N) is 2. The van der Waals surface area contributed by atoms with Crippen LogP contribution in [0, 0.1) is 0 Å². The molecule has 0 radical (unpaired) electrons. The summed E-state index contributed by atoms with van der Waals surface area (Å²) in [5.74, 6) is 5.63. The van der Waals surface area contributed by atoms with Crippen LogP contribution >= 0.6 is 11.6 Å². The predicted octanol–water partition coefficient (Wildman–Crippen LogP) is 1.79. The fourth-order valence-corrected chi connectivity index (χ4v) is 2.31. The molecule has 19 heavy (non-hydrogen) atoms. The number of benzene rings is 1. The van der Waals surface area contributed by atoms with Crippen molar-refractivity contribution < 1.29 is 0 Å². The van der Waals surface area contributed by atoms with Gasteiger partial charge >= 0.3 is 0 Å². The lowest BCUT2D eigenvalue weighted by Gasteiger charge is -2.18. The molecule has 5 nitrogen and oxygen atoms in total. The van der Waals surface area contributed by atoms with Gasteiger partial charge in [-0.25, -0.2) is 0 Å². The number of hydrazine groups is 1. The lowest BCUT2D eigenvalue weighted by molar-refractivity contribution is 0.508. The summed E-state index contributed by atoms with van der Waals surface area (Å²) in [7, 11) is 1.93. The molecule has 1 heterocycles. The first-order valence-electron chi connectivity index (χ1n) is 6.09. The average Bonchev–Trinajstić information content (AvgIpc) is 2.78. The van der Waals surface area contributed by atoms with Crippen LogP contribution in [0.15, 0.2) is 30.5 Å². The molecule has 0 spiro atoms. The Morgan fingerprint density at radius 2 is 2.21 bits per heavy atom. The van der Waals surface area contributed by atoms with Crippen molar-refractivity contribution in [1.29, 1.82) is 0 Å². The molecule has 0 fully saturated rings. The van der Waals surface area contributed by atoms with Gasteiger partial charge in [-0.05, 0) is 36.6 Å². The first-order chi connectivity index (χ1) is 9.11. The molecule has 1 aromatic heterocycles. The van der Waals surface area contributed by atoms with Gasteiger partial charge in [0.2, 0.25) is 0 Å². The molecule has 0 aliphatic carbocycles. The normalized spacial score (nSPS) is 12.6. The first-order valence-corrected chi connectivity index (χ1v) is 6.47. The Morgan fingerprint density at radius 1 is 1.42 bits per heavy atom. The molecular formula is C13H18ClN5. The van der Waals surface area contributed by atoms with Crippen molar-refractivity contribution in [2.24, 2.45) is 12.9 Å². The lowest BCUT2D eigenvalue weighted by atomic mass is 10.00. The van der Waals surface area contributed by atoms with Crippen LogP contribution in [0.1, 0.15) is 23.7 Å². The Kier molecular flexibility index (Phi) is 4.42. The van der Waals surface area contributed by atoms with Crippen LogP contribution in [0.5, 0.6) is 0 Å². The molecule has 0 aliphatic rings. The van der Waals surface area contributed by atoms with Gasteiger partial charge in [-0.1, -0.05) is 17.7 Å². The van der Waals surface area contributed by atoms with Gasteiger partial charge in [0, 0.05) is 35.7 Å². The number of aryl methyl sites for hydroxylation is 2. The van der Waals surface area contributed by atoms with Crippen molar-refractivity contribution in [3.05, 3.63) is 46.7 Å². The molecule has 0 aliphatic heterocycles. The fourth-order valence-electron chi connectivity index (χ4n) is 2.13. The molecule has 0 amide bonds. The SMILES string of the molecule is Cn1nccc1CCC(NN)c1ccc(Cl)cc1N. The molecule has 6 heteroatoms. The zero-order valence-electron chi connectivity index (χ0n) is 10.8. The van der Waals surface area contributed by atoms with Crippen molar-refractivity contribution in [3.63, 3.8) is 0 Å². The van der Waals surface area contributed by atoms with E-state index < -0.39 is 0 Å². The van der Waals surface area contributed by atoms with Crippen molar-refractivity contribution in [2.75, 3.05) is 5.73 Å². The molecule has 0 saturated heterocycles. The Balaban J connectivity index is 2.10. The number of hydrogen-bond acceptors (Lipinski definition) is 4. The van der Waals surface area contributed by atoms with Gasteiger partial charge < -0.3 is 5.73 Å². The van der Waals surface area contributed by atoms with Crippen molar-refractivity contribution in [1.82, 2.24) is 15.2 Å². The topological polar surface area (TPSA) is 81.9 Å². The fraction of sp³-hybridized carbons (Fsp3) is 0.308. The Labute approximate surface area is 117 Å². The predicted molar refractivity (Wildman–Crippen MR) is 77.5 cm³/mol. The molecule has 1 atom stereocenters. The summed E-state index contributed by atoms with van der Waals surface area (Å²) in [4.78, 5) is 0. The van der Waals surface area contributed by atoms with Gasteiger partial charge in [0.1, 0.15) is 0 Å². The van der Waals surface area contributed by atoms with Crippen LogP contribution in [0.25, 0.3) is 0 Å². The van der Waals surface area contributed by atoms with Crippen molar-refractivity contribution >= 4 is 17.3 Å². The molecule has 2 rings (SSSR count). The van der Waals surface area contributed by atoms with Crippen LogP contribution in [-0.2, 0) is 13.5 Å². The number of nitrogens with one attached hydrogen (secondary N) is 1. The van der Waals surface area contributed by atoms with E-state index in [0.717, 1.165) is 24.1 Å². The third kappa shape index (κ3) is 3.26.